The number of aryl methyl sites for hydroxylation is 1. The van der Waals surface area contributed by atoms with Gasteiger partial charge < -0.3 is 5.11 Å². The predicted molar refractivity (Wildman–Crippen MR) is 324 cm³/mol. The van der Waals surface area contributed by atoms with E-state index in [-0.39, 0.29) is 5.92 Å². The lowest BCUT2D eigenvalue weighted by Gasteiger charge is -2.06. The third-order valence-electron chi connectivity index (χ3n) is 10.8. The molecule has 2 nitrogen and oxygen atoms in total. The molecule has 7 rings (SSSR count). The third kappa shape index (κ3) is 36.2. The third-order valence-corrected chi connectivity index (χ3v) is 11.0. The highest BCUT2D eigenvalue weighted by Gasteiger charge is 2.07. The summed E-state index contributed by atoms with van der Waals surface area (Å²) in [6.07, 6.45) is 7.62. The van der Waals surface area contributed by atoms with Gasteiger partial charge in [-0.15, -0.1) is 0 Å². The zero-order chi connectivity index (χ0) is 54.6. The first-order chi connectivity index (χ1) is 34.6. The lowest BCUT2D eigenvalue weighted by Crippen LogP contribution is -2.09. The summed E-state index contributed by atoms with van der Waals surface area (Å²) in [4.78, 5) is 11.3. The van der Waals surface area contributed by atoms with Crippen LogP contribution < -0.4 is 0 Å². The van der Waals surface area contributed by atoms with Crippen molar-refractivity contribution in [2.45, 2.75) is 149 Å². The van der Waals surface area contributed by atoms with Gasteiger partial charge in [0.2, 0.25) is 0 Å². The number of carbonyl (C=O) groups is 1. The number of fused-ring (bicyclic) bond motifs is 1. The van der Waals surface area contributed by atoms with E-state index in [1.807, 2.05) is 74.5 Å². The minimum atomic E-state index is 0.144. The Balaban J connectivity index is 0.000000433. The van der Waals surface area contributed by atoms with Crippen molar-refractivity contribution >= 4 is 28.2 Å². The molecule has 7 aromatic carbocycles. The van der Waals surface area contributed by atoms with E-state index in [4.69, 9.17) is 16.7 Å². The molecular formula is C70H97ClO2. The van der Waals surface area contributed by atoms with Crippen LogP contribution in [0.2, 0.25) is 5.02 Å². The molecule has 0 amide bonds. The Kier molecular flexibility index (Phi) is 35.1. The number of halogens is 1. The highest BCUT2D eigenvalue weighted by atomic mass is 35.5. The van der Waals surface area contributed by atoms with Crippen molar-refractivity contribution in [1.82, 2.24) is 0 Å². The molecular weight excluding hydrogens is 908 g/mol. The van der Waals surface area contributed by atoms with E-state index in [0.29, 0.717) is 23.9 Å². The van der Waals surface area contributed by atoms with Crippen LogP contribution in [0.25, 0.3) is 10.8 Å². The monoisotopic (exact) mass is 1000 g/mol. The number of phenols is 1. The van der Waals surface area contributed by atoms with E-state index in [0.717, 1.165) is 53.0 Å². The summed E-state index contributed by atoms with van der Waals surface area (Å²) in [5, 5.41) is 12.6. The number of hydrogen-bond acceptors (Lipinski definition) is 2. The quantitative estimate of drug-likeness (QED) is 0.118. The van der Waals surface area contributed by atoms with Crippen molar-refractivity contribution in [2.75, 3.05) is 0 Å². The molecule has 0 aliphatic heterocycles. The Labute approximate surface area is 452 Å². The summed E-state index contributed by atoms with van der Waals surface area (Å²) in [6.45, 7) is 32.7. The molecule has 0 spiro atoms. The molecule has 73 heavy (non-hydrogen) atoms. The minimum Gasteiger partial charge on any atom is -0.508 e. The first-order valence-electron chi connectivity index (χ1n) is 27.3. The molecule has 0 atom stereocenters. The van der Waals surface area contributed by atoms with Crippen LogP contribution in [0.4, 0.5) is 0 Å². The van der Waals surface area contributed by atoms with Gasteiger partial charge in [0.15, 0.2) is 0 Å². The summed E-state index contributed by atoms with van der Waals surface area (Å²) in [5.41, 5.74) is 8.03. The summed E-state index contributed by atoms with van der Waals surface area (Å²) >= 11 is 5.75. The molecule has 0 bridgehead atoms. The van der Waals surface area contributed by atoms with Gasteiger partial charge in [-0.2, -0.15) is 0 Å². The Morgan fingerprint density at radius 3 is 1.19 bits per heavy atom. The summed E-state index contributed by atoms with van der Waals surface area (Å²) in [5.74, 6) is 5.33. The second-order valence-electron chi connectivity index (χ2n) is 22.3. The fourth-order valence-electron chi connectivity index (χ4n) is 7.27. The van der Waals surface area contributed by atoms with Crippen LogP contribution in [0.15, 0.2) is 182 Å². The smallest absolute Gasteiger partial charge is 0.139 e. The Bertz CT molecular complexity index is 2390. The maximum atomic E-state index is 11.3. The molecule has 3 heteroatoms. The SMILES string of the molecule is CC(C)C.CC(C)C(=O)Cc1ccccc1.CC(C)CCc1ccccc1.CC(C)Cc1ccc(Cl)cc1.CC(C)Cc1ccc2ccccc2c1.CC(C)Cc1cccc(O)c1.CC(C)Cc1ccccc1. The highest BCUT2D eigenvalue weighted by molar-refractivity contribution is 6.30. The summed E-state index contributed by atoms with van der Waals surface area (Å²) in [7, 11) is 0. The zero-order valence-electron chi connectivity index (χ0n) is 48.0. The topological polar surface area (TPSA) is 37.3 Å². The first kappa shape index (κ1) is 65.6. The summed E-state index contributed by atoms with van der Waals surface area (Å²) < 4.78 is 0. The lowest BCUT2D eigenvalue weighted by atomic mass is 10.00. The highest BCUT2D eigenvalue weighted by Crippen LogP contribution is 2.18. The van der Waals surface area contributed by atoms with Gasteiger partial charge in [0, 0.05) is 17.4 Å². The molecule has 0 heterocycles. The van der Waals surface area contributed by atoms with E-state index in [2.05, 4.69) is 205 Å². The van der Waals surface area contributed by atoms with Crippen molar-refractivity contribution < 1.29 is 9.90 Å². The fraction of sp³-hybridized carbons (Fsp3) is 0.414. The van der Waals surface area contributed by atoms with E-state index in [1.54, 1.807) is 6.07 Å². The Morgan fingerprint density at radius 2 is 0.753 bits per heavy atom. The molecule has 0 aromatic heterocycles. The Hall–Kier alpha value is -5.44. The van der Waals surface area contributed by atoms with Gasteiger partial charge >= 0.3 is 0 Å². The molecule has 0 unspecified atom stereocenters. The van der Waals surface area contributed by atoms with E-state index in [1.165, 1.54) is 64.3 Å². The molecule has 396 valence electrons. The van der Waals surface area contributed by atoms with Crippen molar-refractivity contribution in [2.24, 2.45) is 41.4 Å². The van der Waals surface area contributed by atoms with Crippen LogP contribution >= 0.6 is 11.6 Å². The average molecular weight is 1010 g/mol. The fourth-order valence-corrected chi connectivity index (χ4v) is 7.40. The Morgan fingerprint density at radius 1 is 0.384 bits per heavy atom. The number of carbonyl (C=O) groups excluding carboxylic acids is 1. The molecule has 0 aliphatic carbocycles. The number of phenolic OH excluding ortho intramolecular Hbond substituents is 1. The molecule has 0 saturated heterocycles. The maximum Gasteiger partial charge on any atom is 0.139 e. The van der Waals surface area contributed by atoms with Crippen LogP contribution in [-0.4, -0.2) is 10.9 Å². The van der Waals surface area contributed by atoms with Crippen molar-refractivity contribution in [1.29, 1.82) is 0 Å². The first-order valence-corrected chi connectivity index (χ1v) is 27.6. The van der Waals surface area contributed by atoms with Crippen LogP contribution in [0.1, 0.15) is 144 Å². The minimum absolute atomic E-state index is 0.144. The molecule has 7 aromatic rings. The number of benzene rings is 7. The number of ketones is 1. The lowest BCUT2D eigenvalue weighted by molar-refractivity contribution is -0.121. The van der Waals surface area contributed by atoms with Crippen LogP contribution in [0, 0.1) is 41.4 Å². The van der Waals surface area contributed by atoms with Gasteiger partial charge in [0.05, 0.1) is 0 Å². The molecule has 0 fully saturated rings. The van der Waals surface area contributed by atoms with Gasteiger partial charge in [-0.1, -0.05) is 273 Å². The molecule has 0 aliphatic rings. The van der Waals surface area contributed by atoms with Crippen molar-refractivity contribution in [3.8, 4) is 5.75 Å². The largest absolute Gasteiger partial charge is 0.508 e. The van der Waals surface area contributed by atoms with Gasteiger partial charge in [-0.25, -0.2) is 0 Å². The molecule has 0 saturated carbocycles. The zero-order valence-corrected chi connectivity index (χ0v) is 48.8. The second kappa shape index (κ2) is 39.1. The average Bonchev–Trinajstić information content (AvgIpc) is 3.33. The standard InChI is InChI=1S/C14H16.C11H14O.C11H16.C10H13Cl.C10H14O.C10H14.C4H10/c1-11(2)9-12-7-8-13-5-3-4-6-14(13)10-12;1-9(2)11(12)8-10-6-4-3-5-7-10;1-10(2)8-9-11-6-4-3-5-7-11;1-8(2)7-9-3-5-10(11)6-4-9;1-8(2)6-9-4-3-5-10(11)7-9;1-9(2)8-10-6-4-3-5-7-10;1-4(2)3/h3-8,10-11H,9H2,1-2H3;3-7,9H,8H2,1-2H3;3-7,10H,8-9H2,1-2H3;3-6,8H,7H2,1-2H3;3-5,7-8,11H,6H2,1-2H3;3-7,9H,8H2,1-2H3;4H,1-3H3. The molecule has 1 N–H and O–H groups in total. The van der Waals surface area contributed by atoms with E-state index < -0.39 is 0 Å². The normalized spacial score (nSPS) is 10.5. The van der Waals surface area contributed by atoms with Crippen molar-refractivity contribution in [3.05, 3.63) is 220 Å². The van der Waals surface area contributed by atoms with Crippen LogP contribution in [0.5, 0.6) is 5.75 Å². The van der Waals surface area contributed by atoms with Gasteiger partial charge in [-0.05, 0) is 142 Å². The van der Waals surface area contributed by atoms with E-state index >= 15 is 0 Å². The molecule has 0 radical (unpaired) electrons. The van der Waals surface area contributed by atoms with Gasteiger partial charge in [0.1, 0.15) is 11.5 Å². The van der Waals surface area contributed by atoms with E-state index in [9.17, 15) is 4.79 Å². The number of rotatable bonds is 14. The number of hydrogen-bond donors (Lipinski definition) is 1. The maximum absolute atomic E-state index is 11.3. The van der Waals surface area contributed by atoms with Crippen LogP contribution in [-0.2, 0) is 43.3 Å². The van der Waals surface area contributed by atoms with Crippen molar-refractivity contribution in [3.63, 3.8) is 0 Å². The number of aromatic hydroxyl groups is 1. The van der Waals surface area contributed by atoms with Gasteiger partial charge in [0.25, 0.3) is 0 Å². The van der Waals surface area contributed by atoms with Crippen LogP contribution in [0.3, 0.4) is 0 Å². The second-order valence-corrected chi connectivity index (χ2v) is 22.7. The summed E-state index contributed by atoms with van der Waals surface area (Å²) in [6, 6.07) is 61.9. The predicted octanol–water partition coefficient (Wildman–Crippen LogP) is 20.4. The number of Topliss-reactive ketones (excluding diaryl/α,β-unsaturated/α-hetero) is 1. The van der Waals surface area contributed by atoms with Gasteiger partial charge in [-0.3, -0.25) is 4.79 Å².